The molecule has 2 aromatic rings. The molecule has 0 aliphatic carbocycles. The van der Waals surface area contributed by atoms with E-state index in [0.29, 0.717) is 29.2 Å². The maximum atomic E-state index is 9.37. The third kappa shape index (κ3) is 4.03. The van der Waals surface area contributed by atoms with Crippen molar-refractivity contribution in [3.8, 4) is 0 Å². The number of rotatable bonds is 6. The van der Waals surface area contributed by atoms with Gasteiger partial charge in [-0.1, -0.05) is 6.92 Å². The van der Waals surface area contributed by atoms with Gasteiger partial charge < -0.3 is 15.7 Å². The molecule has 2 rings (SSSR count). The van der Waals surface area contributed by atoms with E-state index < -0.39 is 6.10 Å². The molecule has 0 amide bonds. The number of aromatic nitrogens is 4. The van der Waals surface area contributed by atoms with Gasteiger partial charge in [-0.3, -0.25) is 0 Å². The molecule has 3 N–H and O–H groups in total. The highest BCUT2D eigenvalue weighted by Gasteiger charge is 2.15. The molecule has 0 aliphatic rings. The van der Waals surface area contributed by atoms with E-state index in [0.717, 1.165) is 13.0 Å². The molecule has 0 saturated heterocycles. The molecule has 1 atom stereocenters. The molecule has 0 saturated carbocycles. The van der Waals surface area contributed by atoms with Crippen molar-refractivity contribution in [3.63, 3.8) is 0 Å². The SMILES string of the molecule is CCCNc1nc(Cl)nc2c(NC[C@@H](C)O)nc(Cl)nc12. The number of anilines is 2. The van der Waals surface area contributed by atoms with Crippen LogP contribution >= 0.6 is 23.2 Å². The minimum absolute atomic E-state index is 0.0704. The molecule has 2 aromatic heterocycles. The van der Waals surface area contributed by atoms with Crippen LogP contribution in [-0.2, 0) is 0 Å². The maximum absolute atomic E-state index is 9.37. The summed E-state index contributed by atoms with van der Waals surface area (Å²) in [5.41, 5.74) is 0.944. The van der Waals surface area contributed by atoms with Crippen LogP contribution in [0.5, 0.6) is 0 Å². The number of halogens is 2. The Hall–Kier alpha value is -1.44. The summed E-state index contributed by atoms with van der Waals surface area (Å²) >= 11 is 11.9. The second-order valence-corrected chi connectivity index (χ2v) is 5.21. The Labute approximate surface area is 132 Å². The van der Waals surface area contributed by atoms with Crippen LogP contribution in [0.15, 0.2) is 0 Å². The second kappa shape index (κ2) is 7.02. The first-order valence-electron chi connectivity index (χ1n) is 6.57. The lowest BCUT2D eigenvalue weighted by Gasteiger charge is -2.12. The zero-order valence-corrected chi connectivity index (χ0v) is 13.2. The van der Waals surface area contributed by atoms with Gasteiger partial charge in [0, 0.05) is 13.1 Å². The van der Waals surface area contributed by atoms with E-state index >= 15 is 0 Å². The molecule has 0 unspecified atom stereocenters. The summed E-state index contributed by atoms with van der Waals surface area (Å²) in [6.07, 6.45) is 0.387. The van der Waals surface area contributed by atoms with Crippen LogP contribution < -0.4 is 10.6 Å². The first-order valence-corrected chi connectivity index (χ1v) is 7.33. The molecule has 0 aromatic carbocycles. The predicted octanol–water partition coefficient (Wildman–Crippen LogP) is 2.34. The van der Waals surface area contributed by atoms with Crippen molar-refractivity contribution in [1.82, 2.24) is 19.9 Å². The van der Waals surface area contributed by atoms with Gasteiger partial charge in [-0.15, -0.1) is 0 Å². The van der Waals surface area contributed by atoms with E-state index in [-0.39, 0.29) is 10.6 Å². The van der Waals surface area contributed by atoms with Gasteiger partial charge in [-0.25, -0.2) is 9.97 Å². The highest BCUT2D eigenvalue weighted by molar-refractivity contribution is 6.30. The molecule has 0 fully saturated rings. The molecule has 0 spiro atoms. The summed E-state index contributed by atoms with van der Waals surface area (Å²) in [5, 5.41) is 15.6. The van der Waals surface area contributed by atoms with Crippen LogP contribution in [0.3, 0.4) is 0 Å². The zero-order chi connectivity index (χ0) is 15.4. The lowest BCUT2D eigenvalue weighted by molar-refractivity contribution is 0.208. The van der Waals surface area contributed by atoms with Gasteiger partial charge in [0.05, 0.1) is 6.10 Å². The molecule has 0 aliphatic heterocycles. The van der Waals surface area contributed by atoms with E-state index in [1.807, 2.05) is 6.92 Å². The Balaban J connectivity index is 2.51. The minimum atomic E-state index is -0.538. The molecule has 7 nitrogen and oxygen atoms in total. The van der Waals surface area contributed by atoms with E-state index in [1.54, 1.807) is 6.92 Å². The fourth-order valence-corrected chi connectivity index (χ4v) is 2.03. The van der Waals surface area contributed by atoms with Gasteiger partial charge in [0.15, 0.2) is 11.6 Å². The normalized spacial score (nSPS) is 12.4. The highest BCUT2D eigenvalue weighted by atomic mass is 35.5. The van der Waals surface area contributed by atoms with Crippen LogP contribution in [0, 0.1) is 0 Å². The topological polar surface area (TPSA) is 95.9 Å². The van der Waals surface area contributed by atoms with E-state index in [1.165, 1.54) is 0 Å². The Kier molecular flexibility index (Phi) is 5.33. The summed E-state index contributed by atoms with van der Waals surface area (Å²) in [7, 11) is 0. The van der Waals surface area contributed by atoms with Gasteiger partial charge in [0.2, 0.25) is 10.6 Å². The van der Waals surface area contributed by atoms with Gasteiger partial charge in [-0.2, -0.15) is 9.97 Å². The average Bonchev–Trinajstić information content (AvgIpc) is 2.42. The molecule has 0 bridgehead atoms. The third-order valence-electron chi connectivity index (χ3n) is 2.60. The Bertz CT molecular complexity index is 637. The summed E-state index contributed by atoms with van der Waals surface area (Å²) in [6, 6.07) is 0. The van der Waals surface area contributed by atoms with Crippen LogP contribution in [0.2, 0.25) is 10.6 Å². The molecule has 0 radical (unpaired) electrons. The highest BCUT2D eigenvalue weighted by Crippen LogP contribution is 2.26. The minimum Gasteiger partial charge on any atom is -0.392 e. The molecule has 21 heavy (non-hydrogen) atoms. The van der Waals surface area contributed by atoms with Crippen molar-refractivity contribution in [1.29, 1.82) is 0 Å². The number of fused-ring (bicyclic) bond motifs is 1. The van der Waals surface area contributed by atoms with Crippen molar-refractivity contribution in [2.75, 3.05) is 23.7 Å². The molecular formula is C12H16Cl2N6O. The average molecular weight is 331 g/mol. The lowest BCUT2D eigenvalue weighted by atomic mass is 10.3. The molecule has 2 heterocycles. The predicted molar refractivity (Wildman–Crippen MR) is 84.1 cm³/mol. The van der Waals surface area contributed by atoms with Crippen molar-refractivity contribution < 1.29 is 5.11 Å². The number of hydrogen-bond donors (Lipinski definition) is 3. The standard InChI is InChI=1S/C12H16Cl2N6O/c1-3-4-15-9-7-8(18-11(13)19-9)10(16-5-6(2)21)20-12(14)17-7/h6,21H,3-5H2,1-2H3,(H,15,18,19)(H,16,17,20)/t6-/m1/s1. The first-order chi connectivity index (χ1) is 10.0. The number of aliphatic hydroxyl groups is 1. The maximum Gasteiger partial charge on any atom is 0.225 e. The number of hydrogen-bond acceptors (Lipinski definition) is 7. The summed E-state index contributed by atoms with van der Waals surface area (Å²) in [4.78, 5) is 16.5. The quantitative estimate of drug-likeness (QED) is 0.699. The fraction of sp³-hybridized carbons (Fsp3) is 0.500. The van der Waals surface area contributed by atoms with Crippen molar-refractivity contribution in [3.05, 3.63) is 10.6 Å². The van der Waals surface area contributed by atoms with Gasteiger partial charge >= 0.3 is 0 Å². The number of nitrogens with zero attached hydrogens (tertiary/aromatic N) is 4. The van der Waals surface area contributed by atoms with Crippen molar-refractivity contribution in [2.45, 2.75) is 26.4 Å². The summed E-state index contributed by atoms with van der Waals surface area (Å²) < 4.78 is 0. The van der Waals surface area contributed by atoms with Crippen LogP contribution in [0.25, 0.3) is 11.0 Å². The van der Waals surface area contributed by atoms with Crippen molar-refractivity contribution >= 4 is 45.9 Å². The Morgan fingerprint density at radius 3 is 2.00 bits per heavy atom. The van der Waals surface area contributed by atoms with Gasteiger partial charge in [0.25, 0.3) is 0 Å². The van der Waals surface area contributed by atoms with Crippen molar-refractivity contribution in [2.24, 2.45) is 0 Å². The monoisotopic (exact) mass is 330 g/mol. The lowest BCUT2D eigenvalue weighted by Crippen LogP contribution is -2.17. The largest absolute Gasteiger partial charge is 0.392 e. The summed E-state index contributed by atoms with van der Waals surface area (Å²) in [5.74, 6) is 0.922. The van der Waals surface area contributed by atoms with E-state index in [9.17, 15) is 5.11 Å². The van der Waals surface area contributed by atoms with E-state index in [2.05, 4.69) is 30.6 Å². The van der Waals surface area contributed by atoms with Gasteiger partial charge in [0.1, 0.15) is 11.0 Å². The molecule has 9 heteroatoms. The Morgan fingerprint density at radius 1 is 1.00 bits per heavy atom. The number of nitrogens with one attached hydrogen (secondary N) is 2. The molecular weight excluding hydrogens is 315 g/mol. The summed E-state index contributed by atoms with van der Waals surface area (Å²) in [6.45, 7) is 4.73. The first kappa shape index (κ1) is 15.9. The Morgan fingerprint density at radius 2 is 1.52 bits per heavy atom. The zero-order valence-electron chi connectivity index (χ0n) is 11.7. The van der Waals surface area contributed by atoms with E-state index in [4.69, 9.17) is 23.2 Å². The van der Waals surface area contributed by atoms with Crippen LogP contribution in [0.4, 0.5) is 11.6 Å². The van der Waals surface area contributed by atoms with Gasteiger partial charge in [-0.05, 0) is 36.5 Å². The second-order valence-electron chi connectivity index (χ2n) is 4.54. The van der Waals surface area contributed by atoms with Crippen LogP contribution in [0.1, 0.15) is 20.3 Å². The number of aliphatic hydroxyl groups excluding tert-OH is 1. The fourth-order valence-electron chi connectivity index (χ4n) is 1.70. The van der Waals surface area contributed by atoms with Crippen LogP contribution in [-0.4, -0.2) is 44.2 Å². The molecule has 114 valence electrons. The smallest absolute Gasteiger partial charge is 0.225 e. The third-order valence-corrected chi connectivity index (χ3v) is 2.93.